The van der Waals surface area contributed by atoms with Crippen molar-refractivity contribution >= 4 is 0 Å². The van der Waals surface area contributed by atoms with Crippen molar-refractivity contribution in [1.82, 2.24) is 5.32 Å². The molecule has 21 heavy (non-hydrogen) atoms. The van der Waals surface area contributed by atoms with Crippen LogP contribution in [0.1, 0.15) is 45.2 Å². The maximum atomic E-state index is 14.5. The van der Waals surface area contributed by atoms with Crippen LogP contribution in [0.4, 0.5) is 4.39 Å². The van der Waals surface area contributed by atoms with Crippen LogP contribution in [-0.4, -0.2) is 20.8 Å². The molecule has 0 aliphatic heterocycles. The van der Waals surface area contributed by atoms with E-state index in [0.717, 1.165) is 19.4 Å². The molecule has 1 aromatic rings. The van der Waals surface area contributed by atoms with Crippen molar-refractivity contribution in [3.8, 4) is 11.5 Å². The Morgan fingerprint density at radius 2 is 1.86 bits per heavy atom. The van der Waals surface area contributed by atoms with Crippen molar-refractivity contribution in [1.29, 1.82) is 0 Å². The second kappa shape index (κ2) is 6.22. The van der Waals surface area contributed by atoms with Crippen LogP contribution in [0, 0.1) is 17.2 Å². The van der Waals surface area contributed by atoms with Gasteiger partial charge in [0.25, 0.3) is 0 Å². The van der Waals surface area contributed by atoms with Crippen LogP contribution in [0.25, 0.3) is 0 Å². The standard InChI is InChI=1S/C17H26FNO2/c1-6-7-19-16(12-10-17(12,2)3)11-8-14(20-4)15(21-5)9-13(11)18/h8-9,12,16,19H,6-7,10H2,1-5H3. The number of hydrogen-bond acceptors (Lipinski definition) is 3. The third-order valence-corrected chi connectivity index (χ3v) is 4.44. The van der Waals surface area contributed by atoms with Gasteiger partial charge in [-0.05, 0) is 36.8 Å². The van der Waals surface area contributed by atoms with Crippen molar-refractivity contribution in [3.63, 3.8) is 0 Å². The van der Waals surface area contributed by atoms with Crippen LogP contribution in [0.2, 0.25) is 0 Å². The summed E-state index contributed by atoms with van der Waals surface area (Å²) >= 11 is 0. The number of halogens is 1. The summed E-state index contributed by atoms with van der Waals surface area (Å²) in [6, 6.07) is 3.22. The van der Waals surface area contributed by atoms with E-state index in [0.29, 0.717) is 23.0 Å². The van der Waals surface area contributed by atoms with Crippen LogP contribution >= 0.6 is 0 Å². The molecule has 1 fully saturated rings. The minimum absolute atomic E-state index is 0.0276. The van der Waals surface area contributed by atoms with Gasteiger partial charge in [-0.25, -0.2) is 4.39 Å². The quantitative estimate of drug-likeness (QED) is 0.826. The molecule has 1 saturated carbocycles. The van der Waals surface area contributed by atoms with Crippen molar-refractivity contribution < 1.29 is 13.9 Å². The van der Waals surface area contributed by atoms with Crippen molar-refractivity contribution in [3.05, 3.63) is 23.5 Å². The number of ether oxygens (including phenoxy) is 2. The molecule has 0 heterocycles. The summed E-state index contributed by atoms with van der Waals surface area (Å²) in [4.78, 5) is 0. The van der Waals surface area contributed by atoms with Crippen molar-refractivity contribution in [2.24, 2.45) is 11.3 Å². The predicted octanol–water partition coefficient (Wildman–Crippen LogP) is 3.93. The molecule has 1 aliphatic rings. The van der Waals surface area contributed by atoms with Crippen LogP contribution in [0.3, 0.4) is 0 Å². The van der Waals surface area contributed by atoms with E-state index in [1.54, 1.807) is 13.2 Å². The van der Waals surface area contributed by atoms with Gasteiger partial charge in [0.2, 0.25) is 0 Å². The molecule has 0 spiro atoms. The summed E-state index contributed by atoms with van der Waals surface area (Å²) in [6.45, 7) is 7.46. The maximum absolute atomic E-state index is 14.5. The number of nitrogens with one attached hydrogen (secondary N) is 1. The van der Waals surface area contributed by atoms with E-state index in [2.05, 4.69) is 26.1 Å². The third kappa shape index (κ3) is 3.31. The fraction of sp³-hybridized carbons (Fsp3) is 0.647. The molecular weight excluding hydrogens is 269 g/mol. The molecule has 0 amide bonds. The zero-order valence-corrected chi connectivity index (χ0v) is 13.6. The maximum Gasteiger partial charge on any atom is 0.163 e. The average Bonchev–Trinajstić information content (AvgIpc) is 3.08. The molecule has 0 radical (unpaired) electrons. The second-order valence-corrected chi connectivity index (χ2v) is 6.46. The Morgan fingerprint density at radius 1 is 1.29 bits per heavy atom. The van der Waals surface area contributed by atoms with Gasteiger partial charge in [-0.1, -0.05) is 20.8 Å². The first kappa shape index (κ1) is 16.1. The Kier molecular flexibility index (Phi) is 4.77. The molecule has 2 rings (SSSR count). The molecule has 0 aromatic heterocycles. The molecule has 1 aliphatic carbocycles. The Morgan fingerprint density at radius 3 is 2.33 bits per heavy atom. The minimum atomic E-state index is -0.232. The Bertz CT molecular complexity index is 502. The first-order valence-corrected chi connectivity index (χ1v) is 7.59. The number of hydrogen-bond donors (Lipinski definition) is 1. The van der Waals surface area contributed by atoms with E-state index in [1.165, 1.54) is 13.2 Å². The third-order valence-electron chi connectivity index (χ3n) is 4.44. The fourth-order valence-corrected chi connectivity index (χ4v) is 2.95. The SMILES string of the molecule is CCCNC(c1cc(OC)c(OC)cc1F)C1CC1(C)C. The lowest BCUT2D eigenvalue weighted by Gasteiger charge is -2.22. The van der Waals surface area contributed by atoms with Gasteiger partial charge in [0.15, 0.2) is 11.5 Å². The van der Waals surface area contributed by atoms with Gasteiger partial charge in [0, 0.05) is 17.7 Å². The normalized spacial score (nSPS) is 21.0. The van der Waals surface area contributed by atoms with E-state index in [9.17, 15) is 4.39 Å². The van der Waals surface area contributed by atoms with Gasteiger partial charge in [0.1, 0.15) is 5.82 Å². The largest absolute Gasteiger partial charge is 0.493 e. The van der Waals surface area contributed by atoms with Crippen LogP contribution in [0.5, 0.6) is 11.5 Å². The second-order valence-electron chi connectivity index (χ2n) is 6.46. The molecule has 2 unspecified atom stereocenters. The van der Waals surface area contributed by atoms with Gasteiger partial charge < -0.3 is 14.8 Å². The van der Waals surface area contributed by atoms with Crippen molar-refractivity contribution in [2.45, 2.75) is 39.7 Å². The molecule has 2 atom stereocenters. The van der Waals surface area contributed by atoms with Gasteiger partial charge >= 0.3 is 0 Å². The van der Waals surface area contributed by atoms with Gasteiger partial charge in [-0.15, -0.1) is 0 Å². The van der Waals surface area contributed by atoms with Gasteiger partial charge in [0.05, 0.1) is 14.2 Å². The molecule has 1 aromatic carbocycles. The molecule has 4 heteroatoms. The van der Waals surface area contributed by atoms with E-state index >= 15 is 0 Å². The first-order chi connectivity index (χ1) is 9.94. The summed E-state index contributed by atoms with van der Waals surface area (Å²) in [5.74, 6) is 1.24. The Hall–Kier alpha value is -1.29. The predicted molar refractivity (Wildman–Crippen MR) is 82.4 cm³/mol. The number of methoxy groups -OCH3 is 2. The highest BCUT2D eigenvalue weighted by molar-refractivity contribution is 5.45. The number of rotatable bonds is 7. The highest BCUT2D eigenvalue weighted by Crippen LogP contribution is 2.58. The van der Waals surface area contributed by atoms with Crippen molar-refractivity contribution in [2.75, 3.05) is 20.8 Å². The lowest BCUT2D eigenvalue weighted by molar-refractivity contribution is 0.347. The average molecular weight is 295 g/mol. The summed E-state index contributed by atoms with van der Waals surface area (Å²) in [5, 5.41) is 3.50. The molecule has 118 valence electrons. The summed E-state index contributed by atoms with van der Waals surface area (Å²) in [7, 11) is 3.10. The van der Waals surface area contributed by atoms with Crippen LogP contribution in [0.15, 0.2) is 12.1 Å². The first-order valence-electron chi connectivity index (χ1n) is 7.59. The van der Waals surface area contributed by atoms with Gasteiger partial charge in [-0.2, -0.15) is 0 Å². The lowest BCUT2D eigenvalue weighted by Crippen LogP contribution is -2.26. The highest BCUT2D eigenvalue weighted by Gasteiger charge is 2.50. The van der Waals surface area contributed by atoms with E-state index in [1.807, 2.05) is 0 Å². The van der Waals surface area contributed by atoms with E-state index in [-0.39, 0.29) is 17.3 Å². The molecule has 3 nitrogen and oxygen atoms in total. The highest BCUT2D eigenvalue weighted by atomic mass is 19.1. The monoisotopic (exact) mass is 295 g/mol. The summed E-state index contributed by atoms with van der Waals surface area (Å²) < 4.78 is 25.0. The molecule has 0 bridgehead atoms. The zero-order valence-electron chi connectivity index (χ0n) is 13.6. The zero-order chi connectivity index (χ0) is 15.6. The molecular formula is C17H26FNO2. The van der Waals surface area contributed by atoms with E-state index in [4.69, 9.17) is 9.47 Å². The Labute approximate surface area is 126 Å². The smallest absolute Gasteiger partial charge is 0.163 e. The topological polar surface area (TPSA) is 30.5 Å². The molecule has 0 saturated heterocycles. The summed E-state index contributed by atoms with van der Waals surface area (Å²) in [5.41, 5.74) is 0.946. The van der Waals surface area contributed by atoms with Crippen LogP contribution in [-0.2, 0) is 0 Å². The van der Waals surface area contributed by atoms with E-state index < -0.39 is 0 Å². The molecule has 1 N–H and O–H groups in total. The lowest BCUT2D eigenvalue weighted by atomic mass is 9.96. The Balaban J connectivity index is 2.35. The number of benzene rings is 1. The minimum Gasteiger partial charge on any atom is -0.493 e. The summed E-state index contributed by atoms with van der Waals surface area (Å²) in [6.07, 6.45) is 2.14. The van der Waals surface area contributed by atoms with Gasteiger partial charge in [-0.3, -0.25) is 0 Å². The fourth-order valence-electron chi connectivity index (χ4n) is 2.95. The van der Waals surface area contributed by atoms with Crippen LogP contribution < -0.4 is 14.8 Å².